The fraction of sp³-hybridized carbons (Fsp3) is 0.591. The molecule has 2 fully saturated rings. The first kappa shape index (κ1) is 22.3. The molecule has 1 aromatic carbocycles. The van der Waals surface area contributed by atoms with Crippen LogP contribution in [0.1, 0.15) is 30.5 Å². The van der Waals surface area contributed by atoms with Crippen LogP contribution in [0.4, 0.5) is 0 Å². The van der Waals surface area contributed by atoms with Gasteiger partial charge < -0.3 is 14.8 Å². The SMILES string of the molecule is COc1ccc([C@H](CNCc2cnn([C@@]3(C)CCS(=O)(=O)C3)c2)N2CCOCC2)cc1. The number of sulfone groups is 1. The van der Waals surface area contributed by atoms with Crippen molar-refractivity contribution >= 4 is 9.84 Å². The number of aromatic nitrogens is 2. The van der Waals surface area contributed by atoms with Crippen LogP contribution >= 0.6 is 0 Å². The van der Waals surface area contributed by atoms with Gasteiger partial charge in [-0.15, -0.1) is 0 Å². The Hall–Kier alpha value is -1.94. The van der Waals surface area contributed by atoms with Gasteiger partial charge in [-0.3, -0.25) is 9.58 Å². The molecule has 2 saturated heterocycles. The van der Waals surface area contributed by atoms with E-state index in [0.29, 0.717) is 13.0 Å². The third-order valence-corrected chi connectivity index (χ3v) is 8.21. The number of morpholine rings is 1. The lowest BCUT2D eigenvalue weighted by Gasteiger charge is -2.35. The van der Waals surface area contributed by atoms with Gasteiger partial charge in [0.2, 0.25) is 0 Å². The predicted molar refractivity (Wildman–Crippen MR) is 119 cm³/mol. The molecule has 0 bridgehead atoms. The fourth-order valence-corrected chi connectivity index (χ4v) is 6.57. The molecule has 0 unspecified atom stereocenters. The lowest BCUT2D eigenvalue weighted by molar-refractivity contribution is 0.0161. The van der Waals surface area contributed by atoms with Crippen LogP contribution in [0.15, 0.2) is 36.7 Å². The summed E-state index contributed by atoms with van der Waals surface area (Å²) in [5.41, 5.74) is 1.85. The van der Waals surface area contributed by atoms with E-state index in [2.05, 4.69) is 27.4 Å². The van der Waals surface area contributed by atoms with Crippen molar-refractivity contribution in [2.75, 3.05) is 51.5 Å². The van der Waals surface area contributed by atoms with Gasteiger partial charge in [0, 0.05) is 44.0 Å². The van der Waals surface area contributed by atoms with Crippen molar-refractivity contribution in [3.8, 4) is 5.75 Å². The smallest absolute Gasteiger partial charge is 0.152 e. The topological polar surface area (TPSA) is 85.7 Å². The molecule has 2 aromatic rings. The highest BCUT2D eigenvalue weighted by atomic mass is 32.2. The normalized spacial score (nSPS) is 24.8. The molecule has 0 amide bonds. The Labute approximate surface area is 184 Å². The second kappa shape index (κ2) is 9.28. The Kier molecular flexibility index (Phi) is 6.66. The standard InChI is InChI=1S/C22H32N4O4S/c1-22(7-12-31(27,28)17-22)26-16-18(14-24-26)13-23-15-21(25-8-10-30-11-9-25)19-3-5-20(29-2)6-4-19/h3-6,14,16,21,23H,7-13,15,17H2,1-2H3/t21-,22-/m0/s1. The first-order chi connectivity index (χ1) is 14.9. The average molecular weight is 449 g/mol. The predicted octanol–water partition coefficient (Wildman–Crippen LogP) is 1.59. The molecule has 31 heavy (non-hydrogen) atoms. The largest absolute Gasteiger partial charge is 0.497 e. The fourth-order valence-electron chi connectivity index (χ4n) is 4.45. The van der Waals surface area contributed by atoms with Gasteiger partial charge in [-0.25, -0.2) is 8.42 Å². The van der Waals surface area contributed by atoms with Gasteiger partial charge in [-0.05, 0) is 31.0 Å². The van der Waals surface area contributed by atoms with Gasteiger partial charge in [0.15, 0.2) is 9.84 Å². The van der Waals surface area contributed by atoms with E-state index in [9.17, 15) is 8.42 Å². The molecule has 0 spiro atoms. The van der Waals surface area contributed by atoms with E-state index in [1.165, 1.54) is 5.56 Å². The van der Waals surface area contributed by atoms with E-state index in [1.54, 1.807) is 7.11 Å². The highest BCUT2D eigenvalue weighted by Crippen LogP contribution is 2.30. The Bertz CT molecular complexity index is 970. The van der Waals surface area contributed by atoms with Crippen LogP contribution in [0.5, 0.6) is 5.75 Å². The molecule has 3 heterocycles. The zero-order chi connectivity index (χ0) is 21.9. The Morgan fingerprint density at radius 1 is 1.26 bits per heavy atom. The van der Waals surface area contributed by atoms with Crippen LogP contribution < -0.4 is 10.1 Å². The monoisotopic (exact) mass is 448 g/mol. The Morgan fingerprint density at radius 2 is 2.00 bits per heavy atom. The van der Waals surface area contributed by atoms with Crippen molar-refractivity contribution in [2.45, 2.75) is 31.5 Å². The van der Waals surface area contributed by atoms with Crippen molar-refractivity contribution in [3.63, 3.8) is 0 Å². The first-order valence-electron chi connectivity index (χ1n) is 10.8. The van der Waals surface area contributed by atoms with Crippen molar-refractivity contribution in [1.82, 2.24) is 20.0 Å². The molecule has 2 atom stereocenters. The van der Waals surface area contributed by atoms with Crippen LogP contribution in [0.3, 0.4) is 0 Å². The summed E-state index contributed by atoms with van der Waals surface area (Å²) in [6, 6.07) is 8.49. The minimum absolute atomic E-state index is 0.158. The van der Waals surface area contributed by atoms with E-state index in [1.807, 2.05) is 36.1 Å². The number of methoxy groups -OCH3 is 1. The van der Waals surface area contributed by atoms with Crippen LogP contribution in [0, 0.1) is 0 Å². The molecular formula is C22H32N4O4S. The van der Waals surface area contributed by atoms with Crippen molar-refractivity contribution in [1.29, 1.82) is 0 Å². The molecule has 1 N–H and O–H groups in total. The van der Waals surface area contributed by atoms with Gasteiger partial charge in [-0.1, -0.05) is 12.1 Å². The van der Waals surface area contributed by atoms with Crippen LogP contribution in [-0.4, -0.2) is 74.6 Å². The van der Waals surface area contributed by atoms with E-state index in [0.717, 1.165) is 44.2 Å². The zero-order valence-corrected chi connectivity index (χ0v) is 19.1. The van der Waals surface area contributed by atoms with E-state index < -0.39 is 15.4 Å². The van der Waals surface area contributed by atoms with E-state index in [-0.39, 0.29) is 17.5 Å². The molecule has 8 nitrogen and oxygen atoms in total. The molecule has 9 heteroatoms. The van der Waals surface area contributed by atoms with Crippen LogP contribution in [0.2, 0.25) is 0 Å². The van der Waals surface area contributed by atoms with E-state index in [4.69, 9.17) is 9.47 Å². The summed E-state index contributed by atoms with van der Waals surface area (Å²) < 4.78 is 36.5. The van der Waals surface area contributed by atoms with Crippen molar-refractivity contribution in [2.24, 2.45) is 0 Å². The second-order valence-corrected chi connectivity index (χ2v) is 10.9. The molecular weight excluding hydrogens is 416 g/mol. The highest BCUT2D eigenvalue weighted by Gasteiger charge is 2.40. The average Bonchev–Trinajstić information content (AvgIpc) is 3.37. The third-order valence-electron chi connectivity index (χ3n) is 6.33. The molecule has 1 aromatic heterocycles. The number of benzene rings is 1. The number of hydrogen-bond donors (Lipinski definition) is 1. The van der Waals surface area contributed by atoms with Gasteiger partial charge in [-0.2, -0.15) is 5.10 Å². The summed E-state index contributed by atoms with van der Waals surface area (Å²) in [6.45, 7) is 6.76. The van der Waals surface area contributed by atoms with Gasteiger partial charge in [0.05, 0.1) is 43.6 Å². The summed E-state index contributed by atoms with van der Waals surface area (Å²) in [5, 5.41) is 8.05. The summed E-state index contributed by atoms with van der Waals surface area (Å²) in [5.74, 6) is 1.25. The van der Waals surface area contributed by atoms with Crippen molar-refractivity contribution < 1.29 is 17.9 Å². The van der Waals surface area contributed by atoms with Gasteiger partial charge >= 0.3 is 0 Å². The number of hydrogen-bond acceptors (Lipinski definition) is 7. The van der Waals surface area contributed by atoms with Crippen molar-refractivity contribution in [3.05, 3.63) is 47.8 Å². The number of nitrogens with zero attached hydrogens (tertiary/aromatic N) is 3. The lowest BCUT2D eigenvalue weighted by Crippen LogP contribution is -2.42. The summed E-state index contributed by atoms with van der Waals surface area (Å²) in [7, 11) is -1.29. The summed E-state index contributed by atoms with van der Waals surface area (Å²) in [6.07, 6.45) is 4.42. The van der Waals surface area contributed by atoms with E-state index >= 15 is 0 Å². The number of ether oxygens (including phenoxy) is 2. The summed E-state index contributed by atoms with van der Waals surface area (Å²) in [4.78, 5) is 2.45. The first-order valence-corrected chi connectivity index (χ1v) is 12.6. The minimum atomic E-state index is -2.97. The highest BCUT2D eigenvalue weighted by molar-refractivity contribution is 7.91. The van der Waals surface area contributed by atoms with Gasteiger partial charge in [0.1, 0.15) is 5.75 Å². The second-order valence-electron chi connectivity index (χ2n) is 8.70. The molecule has 2 aliphatic heterocycles. The lowest BCUT2D eigenvalue weighted by atomic mass is 10.0. The maximum absolute atomic E-state index is 11.9. The Balaban J connectivity index is 1.40. The molecule has 4 rings (SSSR count). The summed E-state index contributed by atoms with van der Waals surface area (Å²) >= 11 is 0. The Morgan fingerprint density at radius 3 is 2.65 bits per heavy atom. The molecule has 0 aliphatic carbocycles. The van der Waals surface area contributed by atoms with Gasteiger partial charge in [0.25, 0.3) is 0 Å². The zero-order valence-electron chi connectivity index (χ0n) is 18.3. The maximum atomic E-state index is 11.9. The molecule has 0 radical (unpaired) electrons. The van der Waals surface area contributed by atoms with Crippen LogP contribution in [0.25, 0.3) is 0 Å². The molecule has 2 aliphatic rings. The number of rotatable bonds is 8. The molecule has 170 valence electrons. The third kappa shape index (κ3) is 5.28. The van der Waals surface area contributed by atoms with Crippen LogP contribution in [-0.2, 0) is 26.7 Å². The molecule has 0 saturated carbocycles. The quantitative estimate of drug-likeness (QED) is 0.656. The maximum Gasteiger partial charge on any atom is 0.152 e. The minimum Gasteiger partial charge on any atom is -0.497 e. The number of nitrogens with one attached hydrogen (secondary N) is 1.